The summed E-state index contributed by atoms with van der Waals surface area (Å²) in [7, 11) is -3.53. The topological polar surface area (TPSA) is 112 Å². The maximum Gasteiger partial charge on any atom is 0.251 e. The van der Waals surface area contributed by atoms with Crippen LogP contribution in [0.25, 0.3) is 5.78 Å². The van der Waals surface area contributed by atoms with Crippen LogP contribution in [-0.4, -0.2) is 34.3 Å². The van der Waals surface area contributed by atoms with Crippen molar-refractivity contribution in [3.05, 3.63) is 12.0 Å². The van der Waals surface area contributed by atoms with Crippen LogP contribution in [-0.2, 0) is 10.0 Å². The Morgan fingerprint density at radius 3 is 2.81 bits per heavy atom. The molecule has 2 heterocycles. The van der Waals surface area contributed by atoms with Crippen molar-refractivity contribution < 1.29 is 13.5 Å². The van der Waals surface area contributed by atoms with E-state index in [2.05, 4.69) is 19.8 Å². The van der Waals surface area contributed by atoms with Crippen molar-refractivity contribution >= 4 is 21.5 Å². The van der Waals surface area contributed by atoms with Gasteiger partial charge in [-0.25, -0.2) is 17.9 Å². The van der Waals surface area contributed by atoms with Crippen LogP contribution in [0, 0.1) is 6.92 Å². The molecule has 0 aliphatic heterocycles. The van der Waals surface area contributed by atoms with E-state index in [0.29, 0.717) is 0 Å². The minimum atomic E-state index is -3.53. The van der Waals surface area contributed by atoms with Crippen molar-refractivity contribution in [3.8, 4) is 5.88 Å². The number of sulfonamides is 1. The molecule has 86 valence electrons. The van der Waals surface area contributed by atoms with Crippen LogP contribution >= 0.6 is 0 Å². The van der Waals surface area contributed by atoms with Crippen molar-refractivity contribution in [2.75, 3.05) is 11.0 Å². The van der Waals surface area contributed by atoms with E-state index in [1.807, 2.05) is 0 Å². The first-order valence-corrected chi connectivity index (χ1v) is 6.13. The number of nitrogens with one attached hydrogen (secondary N) is 1. The molecule has 0 amide bonds. The Hall–Kier alpha value is -1.90. The van der Waals surface area contributed by atoms with Crippen LogP contribution in [0.15, 0.2) is 6.33 Å². The van der Waals surface area contributed by atoms with Gasteiger partial charge in [-0.2, -0.15) is 10.1 Å². The molecule has 2 aromatic heterocycles. The molecule has 0 aliphatic carbocycles. The average molecular weight is 242 g/mol. The third kappa shape index (κ3) is 1.76. The molecule has 0 aromatic carbocycles. The lowest BCUT2D eigenvalue weighted by atomic mass is 10.4. The third-order valence-electron chi connectivity index (χ3n) is 1.85. The zero-order chi connectivity index (χ0) is 11.9. The largest absolute Gasteiger partial charge is 0.857 e. The molecule has 0 aliphatic rings. The lowest BCUT2D eigenvalue weighted by Gasteiger charge is -2.16. The van der Waals surface area contributed by atoms with Gasteiger partial charge < -0.3 is 5.11 Å². The molecule has 0 atom stereocenters. The van der Waals surface area contributed by atoms with Gasteiger partial charge in [-0.05, 0) is 6.92 Å². The Bertz CT molecular complexity index is 647. The number of rotatable bonds is 2. The normalized spacial score (nSPS) is 11.9. The molecule has 0 fully saturated rings. The van der Waals surface area contributed by atoms with E-state index in [-0.39, 0.29) is 17.2 Å². The molecule has 2 rings (SSSR count). The van der Waals surface area contributed by atoms with E-state index in [0.717, 1.165) is 10.8 Å². The molecular formula is C7H8N5O3S-. The highest BCUT2D eigenvalue weighted by Gasteiger charge is 2.11. The second kappa shape index (κ2) is 3.30. The molecular weight excluding hydrogens is 234 g/mol. The predicted octanol–water partition coefficient (Wildman–Crippen LogP) is -1.12. The lowest BCUT2D eigenvalue weighted by Crippen LogP contribution is -2.16. The van der Waals surface area contributed by atoms with Crippen LogP contribution in [0.1, 0.15) is 5.69 Å². The monoisotopic (exact) mass is 242 g/mol. The van der Waals surface area contributed by atoms with Crippen LogP contribution in [0.5, 0.6) is 5.88 Å². The summed E-state index contributed by atoms with van der Waals surface area (Å²) in [6, 6.07) is 0. The maximum absolute atomic E-state index is 11.8. The quantitative estimate of drug-likeness (QED) is 0.713. The molecule has 2 aromatic rings. The summed E-state index contributed by atoms with van der Waals surface area (Å²) in [5.74, 6) is -0.452. The number of hydrogen-bond acceptors (Lipinski definition) is 6. The summed E-state index contributed by atoms with van der Waals surface area (Å²) >= 11 is 0. The molecule has 8 nitrogen and oxygen atoms in total. The Morgan fingerprint density at radius 2 is 2.19 bits per heavy atom. The fourth-order valence-corrected chi connectivity index (χ4v) is 1.83. The van der Waals surface area contributed by atoms with Crippen LogP contribution in [0.2, 0.25) is 0 Å². The predicted molar refractivity (Wildman–Crippen MR) is 53.4 cm³/mol. The summed E-state index contributed by atoms with van der Waals surface area (Å²) in [6.45, 7) is 1.52. The summed E-state index contributed by atoms with van der Waals surface area (Å²) in [4.78, 5) is 7.68. The van der Waals surface area contributed by atoms with Gasteiger partial charge in [0.15, 0.2) is 0 Å². The minimum absolute atomic E-state index is 0.111. The van der Waals surface area contributed by atoms with E-state index in [4.69, 9.17) is 0 Å². The lowest BCUT2D eigenvalue weighted by molar-refractivity contribution is -0.276. The van der Waals surface area contributed by atoms with Gasteiger partial charge in [0.2, 0.25) is 10.0 Å². The smallest absolute Gasteiger partial charge is 0.251 e. The Labute approximate surface area is 91.0 Å². The van der Waals surface area contributed by atoms with Crippen molar-refractivity contribution in [1.82, 2.24) is 19.6 Å². The highest BCUT2D eigenvalue weighted by Crippen LogP contribution is 2.23. The number of hydrogen-bond donors (Lipinski definition) is 1. The van der Waals surface area contributed by atoms with Crippen LogP contribution < -0.4 is 9.83 Å². The zero-order valence-corrected chi connectivity index (χ0v) is 9.32. The number of fused-ring (bicyclic) bond motifs is 1. The molecule has 0 bridgehead atoms. The van der Waals surface area contributed by atoms with E-state index in [1.165, 1.54) is 13.3 Å². The minimum Gasteiger partial charge on any atom is -0.857 e. The molecule has 16 heavy (non-hydrogen) atoms. The second-order valence-corrected chi connectivity index (χ2v) is 4.97. The molecule has 1 N–H and O–H groups in total. The van der Waals surface area contributed by atoms with Gasteiger partial charge >= 0.3 is 0 Å². The number of aromatic nitrogens is 4. The first-order valence-electron chi connectivity index (χ1n) is 4.23. The van der Waals surface area contributed by atoms with Gasteiger partial charge in [-0.3, -0.25) is 4.72 Å². The van der Waals surface area contributed by atoms with Crippen molar-refractivity contribution in [3.63, 3.8) is 0 Å². The van der Waals surface area contributed by atoms with Gasteiger partial charge in [-0.15, -0.1) is 0 Å². The molecule has 0 spiro atoms. The summed E-state index contributed by atoms with van der Waals surface area (Å²) in [6.07, 6.45) is 2.13. The van der Waals surface area contributed by atoms with Crippen molar-refractivity contribution in [2.45, 2.75) is 6.92 Å². The van der Waals surface area contributed by atoms with E-state index >= 15 is 0 Å². The van der Waals surface area contributed by atoms with E-state index < -0.39 is 15.9 Å². The van der Waals surface area contributed by atoms with Gasteiger partial charge in [0.05, 0.1) is 17.6 Å². The number of aryl methyl sites for hydroxylation is 1. The highest BCUT2D eigenvalue weighted by atomic mass is 32.2. The second-order valence-electron chi connectivity index (χ2n) is 3.22. The summed E-state index contributed by atoms with van der Waals surface area (Å²) < 4.78 is 25.2. The van der Waals surface area contributed by atoms with Gasteiger partial charge in [0, 0.05) is 5.88 Å². The van der Waals surface area contributed by atoms with Gasteiger partial charge in [-0.1, -0.05) is 0 Å². The molecule has 0 unspecified atom stereocenters. The maximum atomic E-state index is 11.8. The fraction of sp³-hybridized carbons (Fsp3) is 0.286. The first kappa shape index (κ1) is 10.6. The molecule has 0 radical (unpaired) electrons. The standard InChI is InChI=1S/C7H9N5O3S/c1-4-5(11-16(2,14)15)6(13)12-7(10-4)8-3-9-12/h3,11,13H,1-2H3/p-1. The molecule has 0 saturated heterocycles. The SMILES string of the molecule is Cc1nc2ncnn2c([O-])c1NS(C)(=O)=O. The van der Waals surface area contributed by atoms with Gasteiger partial charge in [0.1, 0.15) is 6.33 Å². The number of nitrogens with zero attached hydrogens (tertiary/aromatic N) is 4. The molecule has 0 saturated carbocycles. The Kier molecular flexibility index (Phi) is 2.19. The summed E-state index contributed by atoms with van der Waals surface area (Å²) in [5, 5.41) is 15.4. The van der Waals surface area contributed by atoms with E-state index in [9.17, 15) is 13.5 Å². The van der Waals surface area contributed by atoms with Crippen LogP contribution in [0.4, 0.5) is 5.69 Å². The van der Waals surface area contributed by atoms with Gasteiger partial charge in [0.25, 0.3) is 5.78 Å². The van der Waals surface area contributed by atoms with Crippen molar-refractivity contribution in [2.24, 2.45) is 0 Å². The Morgan fingerprint density at radius 1 is 1.50 bits per heavy atom. The average Bonchev–Trinajstić information content (AvgIpc) is 2.58. The molecule has 9 heteroatoms. The third-order valence-corrected chi connectivity index (χ3v) is 2.43. The summed E-state index contributed by atoms with van der Waals surface area (Å²) in [5.41, 5.74) is 0.149. The van der Waals surface area contributed by atoms with Crippen LogP contribution in [0.3, 0.4) is 0 Å². The fourth-order valence-electron chi connectivity index (χ4n) is 1.22. The van der Waals surface area contributed by atoms with Crippen molar-refractivity contribution in [1.29, 1.82) is 0 Å². The first-order chi connectivity index (χ1) is 7.38. The highest BCUT2D eigenvalue weighted by molar-refractivity contribution is 7.92. The number of anilines is 1. The Balaban J connectivity index is 2.69. The van der Waals surface area contributed by atoms with E-state index in [1.54, 1.807) is 0 Å². The zero-order valence-electron chi connectivity index (χ0n) is 8.50.